The molecule has 0 amide bonds. The Hall–Kier alpha value is 0.354. The summed E-state index contributed by atoms with van der Waals surface area (Å²) in [5, 5.41) is 0. The van der Waals surface area contributed by atoms with E-state index in [-0.39, 0.29) is 0 Å². The Labute approximate surface area is 142 Å². The third-order valence-corrected chi connectivity index (χ3v) is 5.75. The van der Waals surface area contributed by atoms with E-state index in [0.29, 0.717) is 0 Å². The SMILES string of the molecule is C[Si](C)(C)OCCCCCCCCCCCCO[Si](C)(C)C. The Morgan fingerprint density at radius 1 is 0.409 bits per heavy atom. The lowest BCUT2D eigenvalue weighted by atomic mass is 10.1. The molecule has 0 radical (unpaired) electrons. The van der Waals surface area contributed by atoms with Crippen LogP contribution in [0, 0.1) is 0 Å². The van der Waals surface area contributed by atoms with Gasteiger partial charge >= 0.3 is 0 Å². The maximum Gasteiger partial charge on any atom is 0.183 e. The van der Waals surface area contributed by atoms with Crippen LogP contribution in [0.15, 0.2) is 0 Å². The van der Waals surface area contributed by atoms with Gasteiger partial charge in [-0.1, -0.05) is 51.4 Å². The molecule has 0 aromatic heterocycles. The second kappa shape index (κ2) is 12.7. The van der Waals surface area contributed by atoms with E-state index in [9.17, 15) is 0 Å². The van der Waals surface area contributed by atoms with Crippen LogP contribution in [0.5, 0.6) is 0 Å². The fourth-order valence-corrected chi connectivity index (χ4v) is 3.89. The minimum atomic E-state index is -1.27. The lowest BCUT2D eigenvalue weighted by molar-refractivity contribution is 0.296. The van der Waals surface area contributed by atoms with Crippen molar-refractivity contribution in [3.05, 3.63) is 0 Å². The molecule has 0 fully saturated rings. The predicted molar refractivity (Wildman–Crippen MR) is 105 cm³/mol. The maximum atomic E-state index is 5.87. The molecule has 0 heterocycles. The van der Waals surface area contributed by atoms with Crippen molar-refractivity contribution in [1.82, 2.24) is 0 Å². The van der Waals surface area contributed by atoms with Crippen molar-refractivity contribution in [2.75, 3.05) is 13.2 Å². The minimum absolute atomic E-state index is 0.981. The molecule has 22 heavy (non-hydrogen) atoms. The van der Waals surface area contributed by atoms with Gasteiger partial charge < -0.3 is 8.85 Å². The fourth-order valence-electron chi connectivity index (χ4n) is 2.38. The van der Waals surface area contributed by atoms with Crippen LogP contribution in [0.1, 0.15) is 64.2 Å². The second-order valence-electron chi connectivity index (χ2n) is 8.46. The third kappa shape index (κ3) is 20.4. The highest BCUT2D eigenvalue weighted by atomic mass is 28.4. The van der Waals surface area contributed by atoms with Crippen molar-refractivity contribution in [3.8, 4) is 0 Å². The standard InChI is InChI=1S/C18H42O2Si2/c1-21(2,3)19-17-15-13-11-9-7-8-10-12-14-16-18-20-22(4,5)6/h7-18H2,1-6H3. The van der Waals surface area contributed by atoms with Crippen molar-refractivity contribution in [3.63, 3.8) is 0 Å². The number of rotatable bonds is 15. The zero-order valence-electron chi connectivity index (χ0n) is 16.3. The summed E-state index contributed by atoms with van der Waals surface area (Å²) in [6, 6.07) is 0. The molecule has 0 aromatic carbocycles. The summed E-state index contributed by atoms with van der Waals surface area (Å²) in [4.78, 5) is 0. The van der Waals surface area contributed by atoms with E-state index in [1.165, 1.54) is 64.2 Å². The van der Waals surface area contributed by atoms with E-state index in [1.54, 1.807) is 0 Å². The molecular weight excluding hydrogens is 304 g/mol. The Kier molecular flexibility index (Phi) is 12.9. The highest BCUT2D eigenvalue weighted by Gasteiger charge is 2.13. The first kappa shape index (κ1) is 22.4. The highest BCUT2D eigenvalue weighted by molar-refractivity contribution is 6.70. The monoisotopic (exact) mass is 346 g/mol. The maximum absolute atomic E-state index is 5.87. The smallest absolute Gasteiger partial charge is 0.183 e. The molecule has 2 nitrogen and oxygen atoms in total. The molecular formula is C18H42O2Si2. The van der Waals surface area contributed by atoms with Gasteiger partial charge in [-0.2, -0.15) is 0 Å². The van der Waals surface area contributed by atoms with Crippen LogP contribution in [-0.2, 0) is 8.85 Å². The van der Waals surface area contributed by atoms with Gasteiger partial charge in [-0.05, 0) is 52.1 Å². The highest BCUT2D eigenvalue weighted by Crippen LogP contribution is 2.12. The predicted octanol–water partition coefficient (Wildman–Crippen LogP) is 6.59. The van der Waals surface area contributed by atoms with Gasteiger partial charge in [0.15, 0.2) is 16.6 Å². The van der Waals surface area contributed by atoms with Gasteiger partial charge in [-0.3, -0.25) is 0 Å². The summed E-state index contributed by atoms with van der Waals surface area (Å²) in [7, 11) is -2.55. The molecule has 0 N–H and O–H groups in total. The quantitative estimate of drug-likeness (QED) is 0.246. The summed E-state index contributed by atoms with van der Waals surface area (Å²) in [6.07, 6.45) is 13.6. The molecule has 0 aliphatic rings. The van der Waals surface area contributed by atoms with Gasteiger partial charge in [0.05, 0.1) is 0 Å². The topological polar surface area (TPSA) is 18.5 Å². The largest absolute Gasteiger partial charge is 0.418 e. The first-order valence-electron chi connectivity index (χ1n) is 9.49. The molecule has 0 unspecified atom stereocenters. The van der Waals surface area contributed by atoms with E-state index in [4.69, 9.17) is 8.85 Å². The lowest BCUT2D eigenvalue weighted by Gasteiger charge is -2.16. The van der Waals surface area contributed by atoms with Crippen molar-refractivity contribution < 1.29 is 8.85 Å². The van der Waals surface area contributed by atoms with Crippen LogP contribution in [0.2, 0.25) is 39.3 Å². The molecule has 4 heteroatoms. The Morgan fingerprint density at radius 2 is 0.636 bits per heavy atom. The van der Waals surface area contributed by atoms with Crippen molar-refractivity contribution in [2.24, 2.45) is 0 Å². The molecule has 0 aromatic rings. The number of hydrogen-bond acceptors (Lipinski definition) is 2. The van der Waals surface area contributed by atoms with E-state index < -0.39 is 16.6 Å². The van der Waals surface area contributed by atoms with Crippen LogP contribution in [0.4, 0.5) is 0 Å². The molecule has 0 rings (SSSR count). The first-order chi connectivity index (χ1) is 10.2. The van der Waals surface area contributed by atoms with Gasteiger partial charge in [0.25, 0.3) is 0 Å². The first-order valence-corrected chi connectivity index (χ1v) is 16.3. The van der Waals surface area contributed by atoms with Gasteiger partial charge in [0.2, 0.25) is 0 Å². The normalized spacial score (nSPS) is 12.8. The van der Waals surface area contributed by atoms with Crippen LogP contribution >= 0.6 is 0 Å². The lowest BCUT2D eigenvalue weighted by Crippen LogP contribution is -2.25. The molecule has 0 spiro atoms. The van der Waals surface area contributed by atoms with Crippen LogP contribution < -0.4 is 0 Å². The molecule has 0 atom stereocenters. The molecule has 0 aliphatic heterocycles. The van der Waals surface area contributed by atoms with Gasteiger partial charge in [-0.15, -0.1) is 0 Å². The van der Waals surface area contributed by atoms with Gasteiger partial charge in [0.1, 0.15) is 0 Å². The van der Waals surface area contributed by atoms with Crippen LogP contribution in [-0.4, -0.2) is 29.8 Å². The van der Waals surface area contributed by atoms with Crippen LogP contribution in [0.3, 0.4) is 0 Å². The summed E-state index contributed by atoms with van der Waals surface area (Å²) in [6.45, 7) is 15.6. The van der Waals surface area contributed by atoms with Crippen molar-refractivity contribution >= 4 is 16.6 Å². The van der Waals surface area contributed by atoms with Crippen molar-refractivity contribution in [1.29, 1.82) is 0 Å². The zero-order chi connectivity index (χ0) is 16.9. The summed E-state index contributed by atoms with van der Waals surface area (Å²) >= 11 is 0. The number of unbranched alkanes of at least 4 members (excludes halogenated alkanes) is 9. The Bertz CT molecular complexity index is 218. The fraction of sp³-hybridized carbons (Fsp3) is 1.00. The molecule has 0 saturated heterocycles. The minimum Gasteiger partial charge on any atom is -0.418 e. The van der Waals surface area contributed by atoms with E-state index in [0.717, 1.165) is 13.2 Å². The summed E-state index contributed by atoms with van der Waals surface area (Å²) in [5.74, 6) is 0. The van der Waals surface area contributed by atoms with Gasteiger partial charge in [-0.25, -0.2) is 0 Å². The molecule has 0 saturated carbocycles. The Morgan fingerprint density at radius 3 is 0.864 bits per heavy atom. The summed E-state index contributed by atoms with van der Waals surface area (Å²) in [5.41, 5.74) is 0. The second-order valence-corrected chi connectivity index (χ2v) is 17.5. The molecule has 0 aliphatic carbocycles. The van der Waals surface area contributed by atoms with Crippen LogP contribution in [0.25, 0.3) is 0 Å². The summed E-state index contributed by atoms with van der Waals surface area (Å²) < 4.78 is 11.7. The zero-order valence-corrected chi connectivity index (χ0v) is 18.3. The average molecular weight is 347 g/mol. The van der Waals surface area contributed by atoms with Gasteiger partial charge in [0, 0.05) is 13.2 Å². The van der Waals surface area contributed by atoms with Crippen molar-refractivity contribution in [2.45, 2.75) is 103 Å². The Balaban J connectivity index is 3.09. The van der Waals surface area contributed by atoms with E-state index in [2.05, 4.69) is 39.3 Å². The molecule has 134 valence electrons. The number of hydrogen-bond donors (Lipinski definition) is 0. The molecule has 0 bridgehead atoms. The third-order valence-electron chi connectivity index (χ3n) is 3.61. The van der Waals surface area contributed by atoms with E-state index >= 15 is 0 Å². The van der Waals surface area contributed by atoms with E-state index in [1.807, 2.05) is 0 Å². The average Bonchev–Trinajstić information content (AvgIpc) is 2.36.